The van der Waals surface area contributed by atoms with Crippen LogP contribution in [-0.4, -0.2) is 15.5 Å². The third kappa shape index (κ3) is 3.42. The van der Waals surface area contributed by atoms with Crippen LogP contribution in [0.15, 0.2) is 71.6 Å². The van der Waals surface area contributed by atoms with Gasteiger partial charge >= 0.3 is 0 Å². The molecule has 0 heterocycles. The highest BCUT2D eigenvalue weighted by molar-refractivity contribution is 7.89. The molecule has 124 valence electrons. The predicted molar refractivity (Wildman–Crippen MR) is 95.7 cm³/mol. The Hall–Kier alpha value is -2.37. The van der Waals surface area contributed by atoms with Crippen LogP contribution < -0.4 is 9.46 Å². The molecular weight excluding hydrogens is 322 g/mol. The average Bonchev–Trinajstić information content (AvgIpc) is 2.61. The zero-order valence-corrected chi connectivity index (χ0v) is 14.4. The Balaban J connectivity index is 1.85. The maximum Gasteiger partial charge on any atom is 0.241 e. The van der Waals surface area contributed by atoms with Gasteiger partial charge in [0.05, 0.1) is 12.0 Å². The van der Waals surface area contributed by atoms with Gasteiger partial charge in [-0.05, 0) is 47.5 Å². The Kier molecular flexibility index (Phi) is 4.55. The summed E-state index contributed by atoms with van der Waals surface area (Å²) >= 11 is 0. The van der Waals surface area contributed by atoms with Crippen LogP contribution in [0.4, 0.5) is 0 Å². The smallest absolute Gasteiger partial charge is 0.241 e. The van der Waals surface area contributed by atoms with Crippen molar-refractivity contribution >= 4 is 20.8 Å². The molecule has 0 aliphatic heterocycles. The van der Waals surface area contributed by atoms with Crippen LogP contribution in [0.5, 0.6) is 5.75 Å². The lowest BCUT2D eigenvalue weighted by Crippen LogP contribution is -2.26. The Morgan fingerprint density at radius 2 is 1.58 bits per heavy atom. The van der Waals surface area contributed by atoms with E-state index in [0.717, 1.165) is 22.1 Å². The van der Waals surface area contributed by atoms with Gasteiger partial charge < -0.3 is 4.74 Å². The summed E-state index contributed by atoms with van der Waals surface area (Å²) in [5, 5.41) is 1.91. The van der Waals surface area contributed by atoms with Crippen molar-refractivity contribution in [2.75, 3.05) is 7.11 Å². The first-order valence-corrected chi connectivity index (χ1v) is 9.13. The molecule has 0 amide bonds. The lowest BCUT2D eigenvalue weighted by molar-refractivity contribution is 0.414. The van der Waals surface area contributed by atoms with E-state index in [1.54, 1.807) is 19.2 Å². The van der Waals surface area contributed by atoms with E-state index in [2.05, 4.69) is 4.72 Å². The third-order valence-corrected chi connectivity index (χ3v) is 5.52. The third-order valence-electron chi connectivity index (χ3n) is 3.98. The Bertz CT molecular complexity index is 950. The number of fused-ring (bicyclic) bond motifs is 1. The van der Waals surface area contributed by atoms with Crippen molar-refractivity contribution in [2.45, 2.75) is 17.9 Å². The van der Waals surface area contributed by atoms with E-state index in [1.807, 2.05) is 61.5 Å². The van der Waals surface area contributed by atoms with Gasteiger partial charge in [0.25, 0.3) is 0 Å². The van der Waals surface area contributed by atoms with E-state index in [9.17, 15) is 8.42 Å². The standard InChI is InChI=1S/C19H19NO3S/c1-14(15-7-10-18(23-2)11-8-15)20-24(21,22)19-12-9-16-5-3-4-6-17(16)13-19/h3-14,20H,1-2H3/t14-/m0/s1. The summed E-state index contributed by atoms with van der Waals surface area (Å²) in [5.41, 5.74) is 0.875. The van der Waals surface area contributed by atoms with Crippen LogP contribution in [0, 0.1) is 0 Å². The zero-order valence-electron chi connectivity index (χ0n) is 13.6. The van der Waals surface area contributed by atoms with E-state index < -0.39 is 10.0 Å². The summed E-state index contributed by atoms with van der Waals surface area (Å²) < 4.78 is 33.1. The average molecular weight is 341 g/mol. The summed E-state index contributed by atoms with van der Waals surface area (Å²) in [6, 6.07) is 19.8. The summed E-state index contributed by atoms with van der Waals surface area (Å²) in [4.78, 5) is 0.265. The first kappa shape index (κ1) is 16.5. The van der Waals surface area contributed by atoms with Crippen LogP contribution >= 0.6 is 0 Å². The van der Waals surface area contributed by atoms with Gasteiger partial charge in [0.15, 0.2) is 0 Å². The molecule has 24 heavy (non-hydrogen) atoms. The fourth-order valence-corrected chi connectivity index (χ4v) is 3.86. The van der Waals surface area contributed by atoms with Gasteiger partial charge in [0, 0.05) is 6.04 Å². The number of benzene rings is 3. The van der Waals surface area contributed by atoms with E-state index >= 15 is 0 Å². The second-order valence-electron chi connectivity index (χ2n) is 5.63. The van der Waals surface area contributed by atoms with Gasteiger partial charge in [-0.1, -0.05) is 42.5 Å². The van der Waals surface area contributed by atoms with Gasteiger partial charge in [-0.25, -0.2) is 13.1 Å². The van der Waals surface area contributed by atoms with Gasteiger partial charge in [-0.2, -0.15) is 0 Å². The highest BCUT2D eigenvalue weighted by Gasteiger charge is 2.18. The minimum absolute atomic E-state index is 0.265. The molecule has 3 aromatic carbocycles. The molecular formula is C19H19NO3S. The number of rotatable bonds is 5. The molecule has 0 saturated carbocycles. The number of hydrogen-bond acceptors (Lipinski definition) is 3. The highest BCUT2D eigenvalue weighted by Crippen LogP contribution is 2.22. The van der Waals surface area contributed by atoms with Crippen molar-refractivity contribution in [2.24, 2.45) is 0 Å². The number of nitrogens with one attached hydrogen (secondary N) is 1. The summed E-state index contributed by atoms with van der Waals surface area (Å²) in [6.07, 6.45) is 0. The van der Waals surface area contributed by atoms with Crippen LogP contribution in [0.3, 0.4) is 0 Å². The van der Waals surface area contributed by atoms with Crippen molar-refractivity contribution in [3.63, 3.8) is 0 Å². The van der Waals surface area contributed by atoms with E-state index in [0.29, 0.717) is 0 Å². The maximum absolute atomic E-state index is 12.6. The Morgan fingerprint density at radius 3 is 2.25 bits per heavy atom. The minimum atomic E-state index is -3.60. The molecule has 3 aromatic rings. The van der Waals surface area contributed by atoms with Crippen molar-refractivity contribution in [3.05, 3.63) is 72.3 Å². The molecule has 0 saturated heterocycles. The lowest BCUT2D eigenvalue weighted by Gasteiger charge is -2.15. The van der Waals surface area contributed by atoms with Crippen LogP contribution in [0.25, 0.3) is 10.8 Å². The van der Waals surface area contributed by atoms with Crippen LogP contribution in [0.1, 0.15) is 18.5 Å². The van der Waals surface area contributed by atoms with Crippen LogP contribution in [0.2, 0.25) is 0 Å². The molecule has 0 fully saturated rings. The first-order chi connectivity index (χ1) is 11.5. The van der Waals surface area contributed by atoms with E-state index in [-0.39, 0.29) is 10.9 Å². The van der Waals surface area contributed by atoms with Crippen molar-refractivity contribution in [1.29, 1.82) is 0 Å². The second-order valence-corrected chi connectivity index (χ2v) is 7.34. The quantitative estimate of drug-likeness (QED) is 0.766. The molecule has 4 nitrogen and oxygen atoms in total. The molecule has 1 atom stereocenters. The number of hydrogen-bond donors (Lipinski definition) is 1. The molecule has 0 spiro atoms. The number of methoxy groups -OCH3 is 1. The Labute approximate surface area is 142 Å². The lowest BCUT2D eigenvalue weighted by atomic mass is 10.1. The van der Waals surface area contributed by atoms with E-state index in [4.69, 9.17) is 4.74 Å². The molecule has 5 heteroatoms. The summed E-state index contributed by atoms with van der Waals surface area (Å²) in [5.74, 6) is 0.739. The fourth-order valence-electron chi connectivity index (χ4n) is 2.60. The van der Waals surface area contributed by atoms with Crippen LogP contribution in [-0.2, 0) is 10.0 Å². The first-order valence-electron chi connectivity index (χ1n) is 7.65. The van der Waals surface area contributed by atoms with Crippen molar-refractivity contribution in [3.8, 4) is 5.75 Å². The summed E-state index contributed by atoms with van der Waals surface area (Å²) in [6.45, 7) is 1.82. The summed E-state index contributed by atoms with van der Waals surface area (Å²) in [7, 11) is -2.00. The van der Waals surface area contributed by atoms with Crippen molar-refractivity contribution in [1.82, 2.24) is 4.72 Å². The van der Waals surface area contributed by atoms with Gasteiger partial charge in [0.1, 0.15) is 5.75 Å². The minimum Gasteiger partial charge on any atom is -0.497 e. The SMILES string of the molecule is COc1ccc([C@H](C)NS(=O)(=O)c2ccc3ccccc3c2)cc1. The monoisotopic (exact) mass is 341 g/mol. The molecule has 0 radical (unpaired) electrons. The number of ether oxygens (including phenoxy) is 1. The van der Waals surface area contributed by atoms with Crippen molar-refractivity contribution < 1.29 is 13.2 Å². The fraction of sp³-hybridized carbons (Fsp3) is 0.158. The molecule has 0 aliphatic carbocycles. The maximum atomic E-state index is 12.6. The molecule has 0 bridgehead atoms. The normalized spacial score (nSPS) is 12.9. The molecule has 3 rings (SSSR count). The highest BCUT2D eigenvalue weighted by atomic mass is 32.2. The van der Waals surface area contributed by atoms with Gasteiger partial charge in [0.2, 0.25) is 10.0 Å². The number of sulfonamides is 1. The van der Waals surface area contributed by atoms with E-state index in [1.165, 1.54) is 0 Å². The molecule has 0 aromatic heterocycles. The Morgan fingerprint density at radius 1 is 0.917 bits per heavy atom. The largest absolute Gasteiger partial charge is 0.497 e. The zero-order chi connectivity index (χ0) is 17.2. The molecule has 1 N–H and O–H groups in total. The predicted octanol–water partition coefficient (Wildman–Crippen LogP) is 3.89. The van der Waals surface area contributed by atoms with Gasteiger partial charge in [-0.3, -0.25) is 0 Å². The van der Waals surface area contributed by atoms with Gasteiger partial charge in [-0.15, -0.1) is 0 Å². The second kappa shape index (κ2) is 6.63. The molecule has 0 unspecified atom stereocenters. The molecule has 0 aliphatic rings. The topological polar surface area (TPSA) is 55.4 Å².